The quantitative estimate of drug-likeness (QED) is 0.671. The molecule has 0 aromatic rings. The third kappa shape index (κ3) is 5.97. The molecule has 3 nitrogen and oxygen atoms in total. The largest absolute Gasteiger partial charge is 0.463 e. The van der Waals surface area contributed by atoms with Crippen LogP contribution in [0.25, 0.3) is 0 Å². The van der Waals surface area contributed by atoms with Gasteiger partial charge in [-0.25, -0.2) is 0 Å². The molecular weight excluding hydrogens is 180 g/mol. The lowest BCUT2D eigenvalue weighted by molar-refractivity contribution is -0.152. The Balaban J connectivity index is 3.93. The van der Waals surface area contributed by atoms with E-state index >= 15 is 0 Å². The highest BCUT2D eigenvalue weighted by molar-refractivity contribution is 5.72. The minimum atomic E-state index is -0.337. The number of aliphatic hydroxyl groups excluding tert-OH is 1. The van der Waals surface area contributed by atoms with Crippen LogP contribution in [0.5, 0.6) is 0 Å². The topological polar surface area (TPSA) is 46.5 Å². The molecule has 0 saturated carbocycles. The summed E-state index contributed by atoms with van der Waals surface area (Å²) in [5.74, 6) is -0.199. The van der Waals surface area contributed by atoms with E-state index in [-0.39, 0.29) is 24.1 Å². The number of hydrogen-bond acceptors (Lipinski definition) is 3. The summed E-state index contributed by atoms with van der Waals surface area (Å²) in [6.07, 6.45) is 1.75. The molecule has 0 aliphatic carbocycles. The van der Waals surface area contributed by atoms with E-state index in [1.54, 1.807) is 6.92 Å². The van der Waals surface area contributed by atoms with Crippen molar-refractivity contribution in [2.24, 2.45) is 5.92 Å². The highest BCUT2D eigenvalue weighted by Gasteiger charge is 2.19. The van der Waals surface area contributed by atoms with Gasteiger partial charge >= 0.3 is 5.97 Å². The second-order valence-electron chi connectivity index (χ2n) is 4.02. The normalized spacial score (nSPS) is 15.3. The van der Waals surface area contributed by atoms with Crippen molar-refractivity contribution in [2.45, 2.75) is 59.2 Å². The maximum absolute atomic E-state index is 11.5. The van der Waals surface area contributed by atoms with E-state index in [0.717, 1.165) is 6.42 Å². The van der Waals surface area contributed by atoms with Gasteiger partial charge in [0.2, 0.25) is 0 Å². The molecule has 0 aliphatic rings. The second-order valence-corrected chi connectivity index (χ2v) is 4.02. The molecule has 14 heavy (non-hydrogen) atoms. The van der Waals surface area contributed by atoms with Crippen LogP contribution in [0.15, 0.2) is 0 Å². The SMILES string of the molecule is CCC(CCC(C)O)C(=O)OC(C)C. The standard InChI is InChI=1S/C11H22O3/c1-5-10(7-6-9(4)12)11(13)14-8(2)3/h8-10,12H,5-7H2,1-4H3. The summed E-state index contributed by atoms with van der Waals surface area (Å²) in [5.41, 5.74) is 0. The van der Waals surface area contributed by atoms with E-state index in [4.69, 9.17) is 9.84 Å². The Morgan fingerprint density at radius 3 is 2.21 bits per heavy atom. The van der Waals surface area contributed by atoms with Crippen molar-refractivity contribution >= 4 is 5.97 Å². The van der Waals surface area contributed by atoms with Gasteiger partial charge < -0.3 is 9.84 Å². The van der Waals surface area contributed by atoms with Gasteiger partial charge in [0.05, 0.1) is 18.1 Å². The summed E-state index contributed by atoms with van der Waals surface area (Å²) in [6.45, 7) is 7.40. The van der Waals surface area contributed by atoms with Crippen LogP contribution in [0.3, 0.4) is 0 Å². The van der Waals surface area contributed by atoms with Crippen LogP contribution in [0.2, 0.25) is 0 Å². The van der Waals surface area contributed by atoms with Crippen molar-refractivity contribution in [3.8, 4) is 0 Å². The lowest BCUT2D eigenvalue weighted by Crippen LogP contribution is -2.21. The second kappa shape index (κ2) is 6.82. The molecule has 1 N–H and O–H groups in total. The van der Waals surface area contributed by atoms with E-state index < -0.39 is 0 Å². The maximum atomic E-state index is 11.5. The molecule has 84 valence electrons. The van der Waals surface area contributed by atoms with Gasteiger partial charge in [-0.05, 0) is 40.0 Å². The fourth-order valence-corrected chi connectivity index (χ4v) is 1.26. The Morgan fingerprint density at radius 2 is 1.86 bits per heavy atom. The van der Waals surface area contributed by atoms with Crippen molar-refractivity contribution in [1.82, 2.24) is 0 Å². The van der Waals surface area contributed by atoms with Crippen molar-refractivity contribution in [1.29, 1.82) is 0 Å². The van der Waals surface area contributed by atoms with Gasteiger partial charge in [0.25, 0.3) is 0 Å². The molecule has 0 aliphatic heterocycles. The first-order valence-corrected chi connectivity index (χ1v) is 5.35. The molecule has 3 heteroatoms. The summed E-state index contributed by atoms with van der Waals surface area (Å²) in [5, 5.41) is 9.11. The van der Waals surface area contributed by atoms with Gasteiger partial charge in [-0.15, -0.1) is 0 Å². The molecule has 2 atom stereocenters. The molecule has 0 amide bonds. The highest BCUT2D eigenvalue weighted by Crippen LogP contribution is 2.15. The van der Waals surface area contributed by atoms with Crippen LogP contribution in [0.1, 0.15) is 47.0 Å². The number of hydrogen-bond donors (Lipinski definition) is 1. The minimum Gasteiger partial charge on any atom is -0.463 e. The molecule has 0 spiro atoms. The number of esters is 1. The van der Waals surface area contributed by atoms with Crippen LogP contribution in [0, 0.1) is 5.92 Å². The van der Waals surface area contributed by atoms with Crippen LogP contribution < -0.4 is 0 Å². The first kappa shape index (κ1) is 13.4. The van der Waals surface area contributed by atoms with E-state index in [0.29, 0.717) is 12.8 Å². The molecule has 2 unspecified atom stereocenters. The van der Waals surface area contributed by atoms with E-state index in [9.17, 15) is 4.79 Å². The number of ether oxygens (including phenoxy) is 1. The first-order chi connectivity index (χ1) is 6.47. The predicted octanol–water partition coefficient (Wildman–Crippen LogP) is 2.13. The van der Waals surface area contributed by atoms with Crippen molar-refractivity contribution in [3.05, 3.63) is 0 Å². The van der Waals surface area contributed by atoms with Crippen molar-refractivity contribution in [3.63, 3.8) is 0 Å². The molecule has 0 aromatic heterocycles. The number of rotatable bonds is 6. The average molecular weight is 202 g/mol. The zero-order valence-electron chi connectivity index (χ0n) is 9.62. The molecule has 0 rings (SSSR count). The lowest BCUT2D eigenvalue weighted by Gasteiger charge is -2.16. The Labute approximate surface area is 86.5 Å². The van der Waals surface area contributed by atoms with E-state index in [1.165, 1.54) is 0 Å². The zero-order valence-corrected chi connectivity index (χ0v) is 9.62. The Hall–Kier alpha value is -0.570. The molecule has 0 fully saturated rings. The predicted molar refractivity (Wildman–Crippen MR) is 55.9 cm³/mol. The van der Waals surface area contributed by atoms with E-state index in [1.807, 2.05) is 20.8 Å². The molecular formula is C11H22O3. The van der Waals surface area contributed by atoms with Crippen LogP contribution in [-0.4, -0.2) is 23.3 Å². The molecule has 0 radical (unpaired) electrons. The van der Waals surface area contributed by atoms with Gasteiger partial charge in [0.15, 0.2) is 0 Å². The van der Waals surface area contributed by atoms with Gasteiger partial charge in [0, 0.05) is 0 Å². The Kier molecular flexibility index (Phi) is 6.54. The van der Waals surface area contributed by atoms with Crippen LogP contribution in [-0.2, 0) is 9.53 Å². The van der Waals surface area contributed by atoms with Gasteiger partial charge in [0.1, 0.15) is 0 Å². The number of carbonyl (C=O) groups excluding carboxylic acids is 1. The lowest BCUT2D eigenvalue weighted by atomic mass is 9.99. The fourth-order valence-electron chi connectivity index (χ4n) is 1.26. The smallest absolute Gasteiger partial charge is 0.309 e. The summed E-state index contributed by atoms with van der Waals surface area (Å²) in [4.78, 5) is 11.5. The molecule has 0 bridgehead atoms. The summed E-state index contributed by atoms with van der Waals surface area (Å²) in [6, 6.07) is 0. The third-order valence-corrected chi connectivity index (χ3v) is 2.11. The van der Waals surface area contributed by atoms with Gasteiger partial charge in [-0.1, -0.05) is 6.92 Å². The highest BCUT2D eigenvalue weighted by atomic mass is 16.5. The van der Waals surface area contributed by atoms with Gasteiger partial charge in [-0.3, -0.25) is 4.79 Å². The third-order valence-electron chi connectivity index (χ3n) is 2.11. The van der Waals surface area contributed by atoms with Crippen molar-refractivity contribution in [2.75, 3.05) is 0 Å². The summed E-state index contributed by atoms with van der Waals surface area (Å²) >= 11 is 0. The summed E-state index contributed by atoms with van der Waals surface area (Å²) < 4.78 is 5.11. The Bertz CT molecular complexity index is 164. The van der Waals surface area contributed by atoms with Crippen molar-refractivity contribution < 1.29 is 14.6 Å². The maximum Gasteiger partial charge on any atom is 0.309 e. The Morgan fingerprint density at radius 1 is 1.29 bits per heavy atom. The minimum absolute atomic E-state index is 0.0527. The first-order valence-electron chi connectivity index (χ1n) is 5.35. The van der Waals surface area contributed by atoms with Crippen LogP contribution >= 0.6 is 0 Å². The van der Waals surface area contributed by atoms with Crippen LogP contribution in [0.4, 0.5) is 0 Å². The molecule has 0 saturated heterocycles. The number of carbonyl (C=O) groups is 1. The van der Waals surface area contributed by atoms with Gasteiger partial charge in [-0.2, -0.15) is 0 Å². The summed E-state index contributed by atoms with van der Waals surface area (Å²) in [7, 11) is 0. The zero-order chi connectivity index (χ0) is 11.1. The van der Waals surface area contributed by atoms with E-state index in [2.05, 4.69) is 0 Å². The molecule has 0 heterocycles. The molecule has 0 aromatic carbocycles. The number of aliphatic hydroxyl groups is 1. The fraction of sp³-hybridized carbons (Fsp3) is 0.909. The average Bonchev–Trinajstić information content (AvgIpc) is 2.03. The monoisotopic (exact) mass is 202 g/mol.